The fourth-order valence-electron chi connectivity index (χ4n) is 2.72. The molecular formula is C16H36O6SSi3. The Morgan fingerprint density at radius 3 is 1.85 bits per heavy atom. The predicted octanol–water partition coefficient (Wildman–Crippen LogP) is 3.68. The van der Waals surface area contributed by atoms with Crippen molar-refractivity contribution in [2.45, 2.75) is 77.2 Å². The smallest absolute Gasteiger partial charge is 0.334 e. The van der Waals surface area contributed by atoms with Crippen LogP contribution in [0.1, 0.15) is 0 Å². The summed E-state index contributed by atoms with van der Waals surface area (Å²) in [6.45, 7) is 19.4. The van der Waals surface area contributed by atoms with Gasteiger partial charge < -0.3 is 22.2 Å². The third-order valence-electron chi connectivity index (χ3n) is 3.59. The van der Waals surface area contributed by atoms with Gasteiger partial charge in [0.25, 0.3) is 0 Å². The van der Waals surface area contributed by atoms with Crippen LogP contribution in [0.2, 0.25) is 58.9 Å². The first-order valence-corrected chi connectivity index (χ1v) is 19.7. The van der Waals surface area contributed by atoms with Crippen LogP contribution in [0.5, 0.6) is 0 Å². The lowest BCUT2D eigenvalue weighted by molar-refractivity contribution is -0.192. The highest BCUT2D eigenvalue weighted by molar-refractivity contribution is 7.75. The number of hydrogen-bond acceptors (Lipinski definition) is 7. The van der Waals surface area contributed by atoms with Gasteiger partial charge >= 0.3 is 5.97 Å². The molecule has 6 nitrogen and oxygen atoms in total. The standard InChI is InChI=1S/C16H36O6SSi3/c1-24(2,3)19-11-13-14(21-25(4,5)6)12(10-18-23)15(16(17)20-13)22-26(7,8)9/h12-15,23H,10-11H2,1-9H3/t12-,13+,14-,15+/m0/s1. The summed E-state index contributed by atoms with van der Waals surface area (Å²) in [6, 6.07) is 0. The molecule has 0 unspecified atom stereocenters. The number of hydrogen-bond donors (Lipinski definition) is 1. The van der Waals surface area contributed by atoms with Crippen molar-refractivity contribution in [3.63, 3.8) is 0 Å². The van der Waals surface area contributed by atoms with E-state index in [9.17, 15) is 4.79 Å². The third kappa shape index (κ3) is 8.55. The second kappa shape index (κ2) is 9.21. The second-order valence-electron chi connectivity index (χ2n) is 9.70. The second-order valence-corrected chi connectivity index (χ2v) is 23.4. The van der Waals surface area contributed by atoms with E-state index in [0.29, 0.717) is 6.61 Å². The van der Waals surface area contributed by atoms with E-state index < -0.39 is 37.2 Å². The highest BCUT2D eigenvalue weighted by Crippen LogP contribution is 2.32. The summed E-state index contributed by atoms with van der Waals surface area (Å²) in [7, 11) is -5.62. The summed E-state index contributed by atoms with van der Waals surface area (Å²) >= 11 is 3.93. The Morgan fingerprint density at radius 2 is 1.42 bits per heavy atom. The predicted molar refractivity (Wildman–Crippen MR) is 114 cm³/mol. The number of esters is 1. The van der Waals surface area contributed by atoms with Crippen LogP contribution in [0.25, 0.3) is 0 Å². The molecule has 1 heterocycles. The summed E-state index contributed by atoms with van der Waals surface area (Å²) in [5, 5.41) is 0. The molecule has 26 heavy (non-hydrogen) atoms. The van der Waals surface area contributed by atoms with E-state index >= 15 is 0 Å². The summed E-state index contributed by atoms with van der Waals surface area (Å²) in [5.74, 6) is -0.634. The van der Waals surface area contributed by atoms with E-state index in [1.807, 2.05) is 19.6 Å². The number of cyclic esters (lactones) is 1. The van der Waals surface area contributed by atoms with E-state index in [1.165, 1.54) is 0 Å². The Morgan fingerprint density at radius 1 is 0.885 bits per heavy atom. The molecule has 0 aliphatic carbocycles. The number of carbonyl (C=O) groups excluding carboxylic acids is 1. The fraction of sp³-hybridized carbons (Fsp3) is 0.938. The Labute approximate surface area is 167 Å². The zero-order valence-corrected chi connectivity index (χ0v) is 21.5. The number of ether oxygens (including phenoxy) is 1. The van der Waals surface area contributed by atoms with Crippen molar-refractivity contribution in [2.75, 3.05) is 13.2 Å². The van der Waals surface area contributed by atoms with Crippen LogP contribution in [0.4, 0.5) is 0 Å². The first-order chi connectivity index (χ1) is 11.6. The molecule has 0 N–H and O–H groups in total. The molecule has 0 saturated carbocycles. The fourth-order valence-corrected chi connectivity index (χ4v) is 5.74. The normalized spacial score (nSPS) is 28.2. The maximum absolute atomic E-state index is 12.7. The number of carbonyl (C=O) groups is 1. The number of thiol groups is 1. The average molecular weight is 441 g/mol. The molecule has 1 fully saturated rings. The van der Waals surface area contributed by atoms with Crippen LogP contribution in [0, 0.1) is 5.92 Å². The topological polar surface area (TPSA) is 63.2 Å². The van der Waals surface area contributed by atoms with Crippen molar-refractivity contribution >= 4 is 43.8 Å². The number of rotatable bonds is 9. The molecule has 1 rings (SSSR count). The van der Waals surface area contributed by atoms with Crippen molar-refractivity contribution in [3.8, 4) is 0 Å². The van der Waals surface area contributed by atoms with Crippen molar-refractivity contribution < 1.29 is 27.0 Å². The molecule has 0 amide bonds. The van der Waals surface area contributed by atoms with Gasteiger partial charge in [-0.05, 0) is 71.8 Å². The zero-order valence-electron chi connectivity index (χ0n) is 17.6. The molecule has 0 aromatic carbocycles. The zero-order chi connectivity index (χ0) is 20.3. The van der Waals surface area contributed by atoms with Crippen LogP contribution in [-0.4, -0.2) is 62.4 Å². The summed E-state index contributed by atoms with van der Waals surface area (Å²) in [4.78, 5) is 12.7. The van der Waals surface area contributed by atoms with Crippen LogP contribution >= 0.6 is 12.9 Å². The molecule has 10 heteroatoms. The Hall–Kier alpha value is 0.311. The van der Waals surface area contributed by atoms with Gasteiger partial charge in [-0.2, -0.15) is 0 Å². The van der Waals surface area contributed by atoms with Gasteiger partial charge in [0.1, 0.15) is 6.10 Å². The lowest BCUT2D eigenvalue weighted by atomic mass is 9.90. The Kier molecular flexibility index (Phi) is 8.62. The van der Waals surface area contributed by atoms with Gasteiger partial charge in [0, 0.05) is 5.92 Å². The molecule has 0 spiro atoms. The minimum absolute atomic E-state index is 0.256. The molecule has 1 aliphatic heterocycles. The molecule has 0 bridgehead atoms. The van der Waals surface area contributed by atoms with Gasteiger partial charge in [-0.1, -0.05) is 0 Å². The van der Waals surface area contributed by atoms with Gasteiger partial charge in [-0.15, -0.1) is 0 Å². The van der Waals surface area contributed by atoms with Crippen molar-refractivity contribution in [3.05, 3.63) is 0 Å². The minimum Gasteiger partial charge on any atom is -0.455 e. The first-order valence-electron chi connectivity index (χ1n) is 9.09. The van der Waals surface area contributed by atoms with Crippen LogP contribution in [-0.2, 0) is 27.0 Å². The quantitative estimate of drug-likeness (QED) is 0.255. The minimum atomic E-state index is -1.97. The molecule has 0 radical (unpaired) electrons. The van der Waals surface area contributed by atoms with E-state index in [2.05, 4.69) is 52.2 Å². The van der Waals surface area contributed by atoms with E-state index in [-0.39, 0.29) is 24.6 Å². The van der Waals surface area contributed by atoms with Gasteiger partial charge in [0.2, 0.25) is 0 Å². The maximum Gasteiger partial charge on any atom is 0.334 e. The van der Waals surface area contributed by atoms with Gasteiger partial charge in [-0.3, -0.25) is 0 Å². The average Bonchev–Trinajstić information content (AvgIpc) is 2.40. The van der Waals surface area contributed by atoms with Gasteiger partial charge in [-0.25, -0.2) is 4.79 Å². The highest BCUT2D eigenvalue weighted by atomic mass is 32.1. The maximum atomic E-state index is 12.7. The van der Waals surface area contributed by atoms with E-state index in [0.717, 1.165) is 0 Å². The molecule has 1 aliphatic rings. The first kappa shape index (κ1) is 24.3. The summed E-state index contributed by atoms with van der Waals surface area (Å²) < 4.78 is 29.5. The molecule has 4 atom stereocenters. The summed E-state index contributed by atoms with van der Waals surface area (Å²) in [6.07, 6.45) is -1.49. The summed E-state index contributed by atoms with van der Waals surface area (Å²) in [5.41, 5.74) is 0. The molecule has 154 valence electrons. The van der Waals surface area contributed by atoms with Crippen molar-refractivity contribution in [1.29, 1.82) is 0 Å². The Bertz CT molecular complexity index is 472. The third-order valence-corrected chi connectivity index (χ3v) is 6.72. The van der Waals surface area contributed by atoms with Crippen molar-refractivity contribution in [1.82, 2.24) is 0 Å². The Balaban J connectivity index is 3.14. The lowest BCUT2D eigenvalue weighted by Gasteiger charge is -2.45. The largest absolute Gasteiger partial charge is 0.455 e. The molecule has 0 aromatic rings. The van der Waals surface area contributed by atoms with E-state index in [4.69, 9.17) is 22.2 Å². The van der Waals surface area contributed by atoms with Gasteiger partial charge in [0.05, 0.1) is 19.3 Å². The van der Waals surface area contributed by atoms with Crippen LogP contribution in [0.15, 0.2) is 0 Å². The van der Waals surface area contributed by atoms with Gasteiger partial charge in [0.15, 0.2) is 31.1 Å². The molecule has 0 aromatic heterocycles. The van der Waals surface area contributed by atoms with Crippen LogP contribution < -0.4 is 0 Å². The van der Waals surface area contributed by atoms with Crippen molar-refractivity contribution in [2.24, 2.45) is 5.92 Å². The lowest BCUT2D eigenvalue weighted by Crippen LogP contribution is -2.60. The van der Waals surface area contributed by atoms with E-state index in [1.54, 1.807) is 0 Å². The monoisotopic (exact) mass is 440 g/mol. The molecular weight excluding hydrogens is 404 g/mol. The molecule has 1 saturated heterocycles. The SMILES string of the molecule is C[Si](C)(C)OC[C@H]1OC(=O)[C@H](O[Si](C)(C)C)[C@@H](COS)[C@@H]1O[Si](C)(C)C. The highest BCUT2D eigenvalue weighted by Gasteiger charge is 2.50. The van der Waals surface area contributed by atoms with Crippen LogP contribution in [0.3, 0.4) is 0 Å².